The van der Waals surface area contributed by atoms with Crippen LogP contribution in [0.2, 0.25) is 0 Å². The van der Waals surface area contributed by atoms with Crippen LogP contribution in [0.15, 0.2) is 93.2 Å². The lowest BCUT2D eigenvalue weighted by Gasteiger charge is -2.14. The zero-order chi connectivity index (χ0) is 22.9. The summed E-state index contributed by atoms with van der Waals surface area (Å²) in [5.74, 6) is -0.851. The van der Waals surface area contributed by atoms with Gasteiger partial charge in [-0.3, -0.25) is 19.8 Å². The first-order chi connectivity index (χ1) is 16.0. The van der Waals surface area contributed by atoms with Crippen LogP contribution in [-0.2, 0) is 6.42 Å². The number of amides is 1. The highest BCUT2D eigenvalue weighted by Gasteiger charge is 2.21. The van der Waals surface area contributed by atoms with Gasteiger partial charge in [0.15, 0.2) is 0 Å². The van der Waals surface area contributed by atoms with Crippen LogP contribution >= 0.6 is 0 Å². The summed E-state index contributed by atoms with van der Waals surface area (Å²) >= 11 is 0. The summed E-state index contributed by atoms with van der Waals surface area (Å²) in [6.07, 6.45) is 0.316. The lowest BCUT2D eigenvalue weighted by molar-refractivity contribution is 0.100. The molecule has 0 saturated carbocycles. The molecule has 0 aliphatic heterocycles. The average molecular weight is 438 g/mol. The molecule has 3 aromatic carbocycles. The Bertz CT molecular complexity index is 1700. The fourth-order valence-electron chi connectivity index (χ4n) is 3.96. The number of aromatic nitrogens is 3. The van der Waals surface area contributed by atoms with Crippen molar-refractivity contribution >= 4 is 27.7 Å². The fraction of sp³-hybridized carbons (Fsp3) is 0.0400. The second-order valence-electron chi connectivity index (χ2n) is 7.57. The quantitative estimate of drug-likeness (QED) is 0.400. The van der Waals surface area contributed by atoms with Gasteiger partial charge in [-0.25, -0.2) is 4.79 Å². The maximum Gasteiger partial charge on any atom is 0.348 e. The third-order valence-corrected chi connectivity index (χ3v) is 5.50. The predicted molar refractivity (Wildman–Crippen MR) is 126 cm³/mol. The molecule has 1 amide bonds. The smallest absolute Gasteiger partial charge is 0.321 e. The van der Waals surface area contributed by atoms with E-state index >= 15 is 0 Å². The lowest BCUT2D eigenvalue weighted by Crippen LogP contribution is -2.44. The maximum atomic E-state index is 13.3. The van der Waals surface area contributed by atoms with Crippen molar-refractivity contribution in [3.63, 3.8) is 0 Å². The molecule has 0 spiro atoms. The van der Waals surface area contributed by atoms with Crippen LogP contribution in [0.3, 0.4) is 0 Å². The molecule has 8 nitrogen and oxygen atoms in total. The number of benzene rings is 3. The number of nitrogens with one attached hydrogen (secondary N) is 3. The Balaban J connectivity index is 1.67. The number of H-pyrrole nitrogens is 2. The van der Waals surface area contributed by atoms with Crippen LogP contribution in [0, 0.1) is 0 Å². The van der Waals surface area contributed by atoms with Gasteiger partial charge in [0.2, 0.25) is 0 Å². The van der Waals surface area contributed by atoms with Crippen LogP contribution in [0.5, 0.6) is 0 Å². The first-order valence-corrected chi connectivity index (χ1v) is 10.3. The van der Waals surface area contributed by atoms with Crippen molar-refractivity contribution in [2.75, 3.05) is 5.43 Å². The number of para-hydroxylation sites is 2. The Morgan fingerprint density at radius 1 is 0.758 bits per heavy atom. The van der Waals surface area contributed by atoms with Crippen molar-refractivity contribution in [2.24, 2.45) is 0 Å². The van der Waals surface area contributed by atoms with Crippen LogP contribution in [-0.4, -0.2) is 20.6 Å². The Morgan fingerprint density at radius 3 is 2.09 bits per heavy atom. The Morgan fingerprint density at radius 2 is 1.36 bits per heavy atom. The monoisotopic (exact) mass is 438 g/mol. The molecule has 3 N–H and O–H groups in total. The van der Waals surface area contributed by atoms with Gasteiger partial charge < -0.3 is 9.97 Å². The molecular formula is C25H18N4O4. The molecule has 2 aromatic heterocycles. The molecule has 0 saturated heterocycles. The molecular weight excluding hydrogens is 420 g/mol. The summed E-state index contributed by atoms with van der Waals surface area (Å²) in [6, 6.07) is 23.1. The third-order valence-electron chi connectivity index (χ3n) is 5.50. The van der Waals surface area contributed by atoms with Crippen LogP contribution < -0.4 is 22.2 Å². The molecule has 0 atom stereocenters. The van der Waals surface area contributed by atoms with Crippen molar-refractivity contribution < 1.29 is 4.79 Å². The molecule has 33 heavy (non-hydrogen) atoms. The van der Waals surface area contributed by atoms with Crippen molar-refractivity contribution in [3.8, 4) is 0 Å². The summed E-state index contributed by atoms with van der Waals surface area (Å²) in [5.41, 5.74) is 2.40. The van der Waals surface area contributed by atoms with Crippen molar-refractivity contribution in [1.82, 2.24) is 14.6 Å². The number of pyridine rings is 1. The second kappa shape index (κ2) is 8.08. The summed E-state index contributed by atoms with van der Waals surface area (Å²) in [4.78, 5) is 56.9. The van der Waals surface area contributed by atoms with Crippen molar-refractivity contribution in [2.45, 2.75) is 6.42 Å². The van der Waals surface area contributed by atoms with Gasteiger partial charge in [0, 0.05) is 10.9 Å². The van der Waals surface area contributed by atoms with Gasteiger partial charge in [0.05, 0.1) is 10.9 Å². The van der Waals surface area contributed by atoms with Crippen LogP contribution in [0.25, 0.3) is 21.8 Å². The molecule has 0 radical (unpaired) electrons. The van der Waals surface area contributed by atoms with E-state index in [2.05, 4.69) is 15.4 Å². The van der Waals surface area contributed by atoms with E-state index in [9.17, 15) is 19.2 Å². The molecule has 0 fully saturated rings. The average Bonchev–Trinajstić information content (AvgIpc) is 2.82. The van der Waals surface area contributed by atoms with Crippen molar-refractivity contribution in [1.29, 1.82) is 0 Å². The van der Waals surface area contributed by atoms with E-state index in [-0.39, 0.29) is 10.9 Å². The Hall–Kier alpha value is -4.72. The summed E-state index contributed by atoms with van der Waals surface area (Å²) in [7, 11) is 0. The zero-order valence-electron chi connectivity index (χ0n) is 17.3. The van der Waals surface area contributed by atoms with E-state index in [4.69, 9.17) is 0 Å². The number of nitrogens with zero attached hydrogens (tertiary/aromatic N) is 1. The predicted octanol–water partition coefficient (Wildman–Crippen LogP) is 2.51. The van der Waals surface area contributed by atoms with Gasteiger partial charge in [-0.1, -0.05) is 60.7 Å². The highest BCUT2D eigenvalue weighted by Crippen LogP contribution is 2.21. The number of carbonyl (C=O) groups is 1. The SMILES string of the molecule is O=C(Nn1c(=O)[nH]c2ccccc2c1=O)c1c(Cc2ccccc2)c2ccccc2[nH]c1=O. The van der Waals surface area contributed by atoms with Gasteiger partial charge in [0.1, 0.15) is 5.56 Å². The minimum atomic E-state index is -0.851. The number of fused-ring (bicyclic) bond motifs is 2. The minimum Gasteiger partial charge on any atom is -0.321 e. The number of rotatable bonds is 4. The summed E-state index contributed by atoms with van der Waals surface area (Å²) in [6.45, 7) is 0. The van der Waals surface area contributed by atoms with Gasteiger partial charge in [0.25, 0.3) is 17.0 Å². The Kier molecular flexibility index (Phi) is 4.95. The fourth-order valence-corrected chi connectivity index (χ4v) is 3.96. The highest BCUT2D eigenvalue weighted by molar-refractivity contribution is 6.04. The normalized spacial score (nSPS) is 11.0. The topological polar surface area (TPSA) is 117 Å². The van der Waals surface area contributed by atoms with E-state index in [0.717, 1.165) is 5.56 Å². The molecule has 5 rings (SSSR count). The molecule has 162 valence electrons. The number of carbonyl (C=O) groups excluding carboxylic acids is 1. The van der Waals surface area contributed by atoms with E-state index < -0.39 is 22.7 Å². The molecule has 0 aliphatic carbocycles. The molecule has 0 aliphatic rings. The standard InChI is InChI=1S/C25H18N4O4/c30-22-21(23(31)28-29-24(32)17-11-5-7-13-20(17)27-25(29)33)18(14-15-8-2-1-3-9-15)16-10-4-6-12-19(16)26-22/h1-13H,14H2,(H,26,30)(H,27,33)(H,28,31). The first-order valence-electron chi connectivity index (χ1n) is 10.3. The lowest BCUT2D eigenvalue weighted by atomic mass is 9.96. The zero-order valence-corrected chi connectivity index (χ0v) is 17.3. The van der Waals surface area contributed by atoms with E-state index in [1.54, 1.807) is 36.4 Å². The number of hydrogen-bond acceptors (Lipinski definition) is 4. The summed E-state index contributed by atoms with van der Waals surface area (Å²) in [5, 5.41) is 0.931. The molecule has 8 heteroatoms. The Labute approximate surface area is 186 Å². The van der Waals surface area contributed by atoms with Crippen LogP contribution in [0.4, 0.5) is 0 Å². The van der Waals surface area contributed by atoms with E-state index in [1.807, 2.05) is 42.5 Å². The van der Waals surface area contributed by atoms with Gasteiger partial charge in [-0.05, 0) is 35.7 Å². The van der Waals surface area contributed by atoms with E-state index in [0.29, 0.717) is 33.1 Å². The van der Waals surface area contributed by atoms with Gasteiger partial charge in [-0.15, -0.1) is 0 Å². The van der Waals surface area contributed by atoms with E-state index in [1.165, 1.54) is 0 Å². The number of aromatic amines is 2. The molecule has 2 heterocycles. The first kappa shape index (κ1) is 20.2. The van der Waals surface area contributed by atoms with Gasteiger partial charge in [-0.2, -0.15) is 4.68 Å². The summed E-state index contributed by atoms with van der Waals surface area (Å²) < 4.78 is 0.589. The largest absolute Gasteiger partial charge is 0.348 e. The highest BCUT2D eigenvalue weighted by atomic mass is 16.2. The van der Waals surface area contributed by atoms with Gasteiger partial charge >= 0.3 is 5.69 Å². The third kappa shape index (κ3) is 3.63. The molecule has 0 unspecified atom stereocenters. The second-order valence-corrected chi connectivity index (χ2v) is 7.57. The van der Waals surface area contributed by atoms with Crippen molar-refractivity contribution in [3.05, 3.63) is 127 Å². The van der Waals surface area contributed by atoms with Crippen LogP contribution in [0.1, 0.15) is 21.5 Å². The maximum absolute atomic E-state index is 13.3. The molecule has 0 bridgehead atoms. The minimum absolute atomic E-state index is 0.156. The molecule has 5 aromatic rings. The number of hydrogen-bond donors (Lipinski definition) is 3.